The number of carbonyl (C=O) groups is 1. The van der Waals surface area contributed by atoms with E-state index >= 15 is 0 Å². The summed E-state index contributed by atoms with van der Waals surface area (Å²) in [6, 6.07) is 0. The van der Waals surface area contributed by atoms with Gasteiger partial charge in [-0.05, 0) is 32.2 Å². The fraction of sp³-hybridized carbons (Fsp3) is 0.909. The summed E-state index contributed by atoms with van der Waals surface area (Å²) in [6.45, 7) is 6.34. The molecule has 15 heavy (non-hydrogen) atoms. The quantitative estimate of drug-likeness (QED) is 0.667. The minimum Gasteiger partial charge on any atom is -0.368 e. The number of nitrogens with zero attached hydrogens (tertiary/aromatic N) is 1. The Balaban J connectivity index is 2.40. The average Bonchev–Trinajstić information content (AvgIpc) is 2.08. The number of likely N-dealkylation sites (N-methyl/N-ethyl adjacent to an activating group) is 1. The summed E-state index contributed by atoms with van der Waals surface area (Å²) in [6.07, 6.45) is 3.97. The molecule has 0 aromatic heterocycles. The summed E-state index contributed by atoms with van der Waals surface area (Å²) in [5.74, 6) is 0.378. The lowest BCUT2D eigenvalue weighted by Crippen LogP contribution is -2.57. The Morgan fingerprint density at radius 2 is 2.13 bits per heavy atom. The second kappa shape index (κ2) is 4.94. The minimum absolute atomic E-state index is 0.422. The maximum Gasteiger partial charge on any atom is 0.238 e. The van der Waals surface area contributed by atoms with Crippen molar-refractivity contribution in [2.45, 2.75) is 38.6 Å². The lowest BCUT2D eigenvalue weighted by Gasteiger charge is -2.35. The zero-order valence-electron chi connectivity index (χ0n) is 9.83. The first-order chi connectivity index (χ1) is 6.95. The van der Waals surface area contributed by atoms with Crippen molar-refractivity contribution >= 4 is 5.91 Å². The van der Waals surface area contributed by atoms with Crippen LogP contribution in [0.15, 0.2) is 0 Å². The van der Waals surface area contributed by atoms with Crippen molar-refractivity contribution in [2.75, 3.05) is 19.6 Å². The number of amides is 1. The fourth-order valence-electron chi connectivity index (χ4n) is 1.89. The van der Waals surface area contributed by atoms with E-state index in [1.807, 2.05) is 0 Å². The van der Waals surface area contributed by atoms with E-state index in [1.165, 1.54) is 19.3 Å². The average molecular weight is 213 g/mol. The van der Waals surface area contributed by atoms with Gasteiger partial charge in [0.2, 0.25) is 5.91 Å². The van der Waals surface area contributed by atoms with Gasteiger partial charge < -0.3 is 16.4 Å². The number of hydrogen-bond acceptors (Lipinski definition) is 3. The van der Waals surface area contributed by atoms with Crippen molar-refractivity contribution in [3.63, 3.8) is 0 Å². The Morgan fingerprint density at radius 1 is 1.53 bits per heavy atom. The van der Waals surface area contributed by atoms with Gasteiger partial charge in [0, 0.05) is 13.1 Å². The molecule has 1 unspecified atom stereocenters. The van der Waals surface area contributed by atoms with Gasteiger partial charge in [0.05, 0.1) is 0 Å². The van der Waals surface area contributed by atoms with Crippen LogP contribution in [0.5, 0.6) is 0 Å². The SMILES string of the molecule is CCN(CC1CCC1)CC(C)(N)C(N)=O. The standard InChI is InChI=1S/C11H23N3O/c1-3-14(7-9-5-4-6-9)8-11(2,13)10(12)15/h9H,3-8,13H2,1-2H3,(H2,12,15). The molecule has 0 heterocycles. The van der Waals surface area contributed by atoms with Crippen LogP contribution in [0.25, 0.3) is 0 Å². The molecule has 1 rings (SSSR count). The highest BCUT2D eigenvalue weighted by Crippen LogP contribution is 2.27. The molecule has 1 aliphatic carbocycles. The van der Waals surface area contributed by atoms with Crippen LogP contribution in [0, 0.1) is 5.92 Å². The summed E-state index contributed by atoms with van der Waals surface area (Å²) in [7, 11) is 0. The van der Waals surface area contributed by atoms with Crippen LogP contribution in [0.1, 0.15) is 33.1 Å². The molecule has 1 saturated carbocycles. The van der Waals surface area contributed by atoms with E-state index in [0.717, 1.165) is 19.0 Å². The third kappa shape index (κ3) is 3.47. The van der Waals surface area contributed by atoms with Crippen molar-refractivity contribution in [1.29, 1.82) is 0 Å². The predicted octanol–water partition coefficient (Wildman–Crippen LogP) is 0.311. The minimum atomic E-state index is -0.903. The monoisotopic (exact) mass is 213 g/mol. The van der Waals surface area contributed by atoms with E-state index < -0.39 is 11.4 Å². The fourth-order valence-corrected chi connectivity index (χ4v) is 1.89. The molecule has 0 radical (unpaired) electrons. The van der Waals surface area contributed by atoms with Gasteiger partial charge in [-0.15, -0.1) is 0 Å². The zero-order chi connectivity index (χ0) is 11.5. The highest BCUT2D eigenvalue weighted by molar-refractivity contribution is 5.84. The number of hydrogen-bond donors (Lipinski definition) is 2. The maximum absolute atomic E-state index is 11.1. The first-order valence-corrected chi connectivity index (χ1v) is 5.77. The third-order valence-corrected chi connectivity index (χ3v) is 3.30. The number of carbonyl (C=O) groups excluding carboxylic acids is 1. The van der Waals surface area contributed by atoms with E-state index in [4.69, 9.17) is 11.5 Å². The molecule has 1 amide bonds. The van der Waals surface area contributed by atoms with Crippen LogP contribution < -0.4 is 11.5 Å². The molecular formula is C11H23N3O. The molecule has 0 spiro atoms. The largest absolute Gasteiger partial charge is 0.368 e. The zero-order valence-corrected chi connectivity index (χ0v) is 9.83. The van der Waals surface area contributed by atoms with Gasteiger partial charge in [-0.1, -0.05) is 13.3 Å². The van der Waals surface area contributed by atoms with Gasteiger partial charge >= 0.3 is 0 Å². The highest BCUT2D eigenvalue weighted by Gasteiger charge is 2.29. The van der Waals surface area contributed by atoms with Gasteiger partial charge in [0.25, 0.3) is 0 Å². The molecule has 0 aromatic carbocycles. The molecule has 0 saturated heterocycles. The lowest BCUT2D eigenvalue weighted by atomic mass is 9.85. The third-order valence-electron chi connectivity index (χ3n) is 3.30. The van der Waals surface area contributed by atoms with Crippen LogP contribution in [0.4, 0.5) is 0 Å². The Morgan fingerprint density at radius 3 is 2.47 bits per heavy atom. The summed E-state index contributed by atoms with van der Waals surface area (Å²) >= 11 is 0. The number of nitrogens with two attached hydrogens (primary N) is 2. The van der Waals surface area contributed by atoms with Crippen molar-refractivity contribution < 1.29 is 4.79 Å². The smallest absolute Gasteiger partial charge is 0.238 e. The predicted molar refractivity (Wildman–Crippen MR) is 61.2 cm³/mol. The topological polar surface area (TPSA) is 72.3 Å². The summed E-state index contributed by atoms with van der Waals surface area (Å²) in [5, 5.41) is 0. The molecule has 1 atom stereocenters. The van der Waals surface area contributed by atoms with Gasteiger partial charge in [-0.25, -0.2) is 0 Å². The second-order valence-electron chi connectivity index (χ2n) is 4.91. The van der Waals surface area contributed by atoms with E-state index in [1.54, 1.807) is 6.92 Å². The van der Waals surface area contributed by atoms with Crippen molar-refractivity contribution in [2.24, 2.45) is 17.4 Å². The van der Waals surface area contributed by atoms with E-state index in [-0.39, 0.29) is 0 Å². The van der Waals surface area contributed by atoms with Crippen molar-refractivity contribution in [3.8, 4) is 0 Å². The molecule has 0 aromatic rings. The highest BCUT2D eigenvalue weighted by atomic mass is 16.1. The maximum atomic E-state index is 11.1. The van der Waals surface area contributed by atoms with Gasteiger partial charge in [0.1, 0.15) is 5.54 Å². The molecule has 4 heteroatoms. The van der Waals surface area contributed by atoms with Crippen LogP contribution in [-0.2, 0) is 4.79 Å². The number of primary amides is 1. The Bertz CT molecular complexity index is 224. The Hall–Kier alpha value is -0.610. The molecular weight excluding hydrogens is 190 g/mol. The van der Waals surface area contributed by atoms with Crippen LogP contribution in [0.3, 0.4) is 0 Å². The van der Waals surface area contributed by atoms with Gasteiger partial charge in [0.15, 0.2) is 0 Å². The molecule has 0 bridgehead atoms. The van der Waals surface area contributed by atoms with Crippen LogP contribution >= 0.6 is 0 Å². The summed E-state index contributed by atoms with van der Waals surface area (Å²) in [4.78, 5) is 13.3. The summed E-state index contributed by atoms with van der Waals surface area (Å²) < 4.78 is 0. The van der Waals surface area contributed by atoms with Gasteiger partial charge in [-0.2, -0.15) is 0 Å². The lowest BCUT2D eigenvalue weighted by molar-refractivity contribution is -0.123. The normalized spacial score (nSPS) is 21.1. The molecule has 88 valence electrons. The molecule has 1 fully saturated rings. The first-order valence-electron chi connectivity index (χ1n) is 5.77. The number of rotatable bonds is 6. The van der Waals surface area contributed by atoms with Gasteiger partial charge in [-0.3, -0.25) is 4.79 Å². The first kappa shape index (κ1) is 12.5. The van der Waals surface area contributed by atoms with E-state index in [0.29, 0.717) is 6.54 Å². The second-order valence-corrected chi connectivity index (χ2v) is 4.91. The van der Waals surface area contributed by atoms with E-state index in [2.05, 4.69) is 11.8 Å². The molecule has 4 nitrogen and oxygen atoms in total. The Kier molecular flexibility index (Phi) is 4.11. The van der Waals surface area contributed by atoms with Crippen LogP contribution in [0.2, 0.25) is 0 Å². The molecule has 1 aliphatic rings. The van der Waals surface area contributed by atoms with Crippen LogP contribution in [-0.4, -0.2) is 36.0 Å². The van der Waals surface area contributed by atoms with Crippen molar-refractivity contribution in [1.82, 2.24) is 4.90 Å². The van der Waals surface area contributed by atoms with E-state index in [9.17, 15) is 4.79 Å². The molecule has 0 aliphatic heterocycles. The Labute approximate surface area is 92.0 Å². The summed E-state index contributed by atoms with van der Waals surface area (Å²) in [5.41, 5.74) is 10.2. The molecule has 4 N–H and O–H groups in total. The van der Waals surface area contributed by atoms with Crippen molar-refractivity contribution in [3.05, 3.63) is 0 Å².